The topological polar surface area (TPSA) is 59.0 Å². The van der Waals surface area contributed by atoms with Crippen LogP contribution in [0.25, 0.3) is 0 Å². The second kappa shape index (κ2) is 8.89. The minimum absolute atomic E-state index is 0.0959. The Morgan fingerprint density at radius 3 is 2.67 bits per heavy atom. The van der Waals surface area contributed by atoms with Crippen molar-refractivity contribution in [3.8, 4) is 11.5 Å². The number of hydrogen-bond donors (Lipinski definition) is 1. The zero-order valence-electron chi connectivity index (χ0n) is 12.7. The van der Waals surface area contributed by atoms with Crippen LogP contribution in [0, 0.1) is 0 Å². The maximum Gasteiger partial charge on any atom is 0.303 e. The number of ether oxygens (including phenoxy) is 2. The van der Waals surface area contributed by atoms with Crippen LogP contribution in [-0.2, 0) is 11.2 Å². The maximum absolute atomic E-state index is 10.6. The Labute approximate surface area is 134 Å². The van der Waals surface area contributed by atoms with Crippen molar-refractivity contribution in [3.63, 3.8) is 0 Å². The second-order valence-corrected chi connectivity index (χ2v) is 5.86. The average molecular weight is 360 g/mol. The summed E-state index contributed by atoms with van der Waals surface area (Å²) in [4.78, 5) is 12.7. The zero-order chi connectivity index (χ0) is 15.8. The Morgan fingerprint density at radius 2 is 2.10 bits per heavy atom. The zero-order valence-corrected chi connectivity index (χ0v) is 14.3. The van der Waals surface area contributed by atoms with Crippen LogP contribution in [0.1, 0.15) is 18.4 Å². The van der Waals surface area contributed by atoms with Crippen molar-refractivity contribution >= 4 is 21.9 Å². The van der Waals surface area contributed by atoms with E-state index in [1.807, 2.05) is 26.2 Å². The van der Waals surface area contributed by atoms with Crippen molar-refractivity contribution < 1.29 is 19.4 Å². The molecule has 21 heavy (non-hydrogen) atoms. The number of hydrogen-bond acceptors (Lipinski definition) is 4. The molecule has 0 bridgehead atoms. The number of methoxy groups -OCH3 is 1. The highest BCUT2D eigenvalue weighted by Gasteiger charge is 2.12. The molecule has 0 aliphatic heterocycles. The number of carboxylic acid groups (broad SMARTS) is 1. The molecule has 0 saturated carbocycles. The second-order valence-electron chi connectivity index (χ2n) is 5.01. The normalized spacial score (nSPS) is 10.7. The van der Waals surface area contributed by atoms with E-state index in [9.17, 15) is 4.79 Å². The summed E-state index contributed by atoms with van der Waals surface area (Å²) < 4.78 is 11.9. The van der Waals surface area contributed by atoms with E-state index in [2.05, 4.69) is 20.8 Å². The fourth-order valence-corrected chi connectivity index (χ4v) is 2.47. The highest BCUT2D eigenvalue weighted by atomic mass is 79.9. The molecule has 6 heteroatoms. The number of carboxylic acids is 1. The Morgan fingerprint density at radius 1 is 1.38 bits per heavy atom. The van der Waals surface area contributed by atoms with Crippen LogP contribution >= 0.6 is 15.9 Å². The molecule has 1 aromatic rings. The summed E-state index contributed by atoms with van der Waals surface area (Å²) >= 11 is 3.46. The number of aliphatic carboxylic acids is 1. The molecule has 0 saturated heterocycles. The molecule has 118 valence electrons. The molecular formula is C15H22BrNO4. The van der Waals surface area contributed by atoms with Gasteiger partial charge in [-0.3, -0.25) is 4.79 Å². The van der Waals surface area contributed by atoms with Crippen molar-refractivity contribution in [1.29, 1.82) is 0 Å². The number of aryl methyl sites for hydroxylation is 1. The van der Waals surface area contributed by atoms with Crippen LogP contribution in [0.4, 0.5) is 0 Å². The van der Waals surface area contributed by atoms with Gasteiger partial charge in [-0.15, -0.1) is 0 Å². The number of carbonyl (C=O) groups is 1. The van der Waals surface area contributed by atoms with Crippen LogP contribution in [0.3, 0.4) is 0 Å². The molecule has 0 aliphatic carbocycles. The van der Waals surface area contributed by atoms with Crippen LogP contribution in [0.5, 0.6) is 11.5 Å². The van der Waals surface area contributed by atoms with E-state index in [1.54, 1.807) is 7.11 Å². The van der Waals surface area contributed by atoms with Crippen molar-refractivity contribution in [2.75, 3.05) is 34.4 Å². The largest absolute Gasteiger partial charge is 0.493 e. The molecule has 0 fully saturated rings. The predicted octanol–water partition coefficient (Wildman–Crippen LogP) is 2.81. The van der Waals surface area contributed by atoms with Gasteiger partial charge in [0.15, 0.2) is 11.5 Å². The predicted molar refractivity (Wildman–Crippen MR) is 85.3 cm³/mol. The fraction of sp³-hybridized carbons (Fsp3) is 0.533. The first-order valence-electron chi connectivity index (χ1n) is 6.79. The first kappa shape index (κ1) is 17.8. The third-order valence-electron chi connectivity index (χ3n) is 2.91. The van der Waals surface area contributed by atoms with Gasteiger partial charge in [-0.05, 0) is 60.6 Å². The summed E-state index contributed by atoms with van der Waals surface area (Å²) in [6, 6.07) is 3.71. The van der Waals surface area contributed by atoms with E-state index >= 15 is 0 Å². The monoisotopic (exact) mass is 359 g/mol. The molecule has 0 amide bonds. The molecular weight excluding hydrogens is 338 g/mol. The Bertz CT molecular complexity index is 477. The summed E-state index contributed by atoms with van der Waals surface area (Å²) in [5.74, 6) is 0.471. The molecule has 1 N–H and O–H groups in total. The van der Waals surface area contributed by atoms with E-state index in [-0.39, 0.29) is 6.42 Å². The van der Waals surface area contributed by atoms with Gasteiger partial charge >= 0.3 is 5.97 Å². The van der Waals surface area contributed by atoms with Gasteiger partial charge in [0.05, 0.1) is 18.2 Å². The minimum Gasteiger partial charge on any atom is -0.493 e. The van der Waals surface area contributed by atoms with Crippen molar-refractivity contribution in [1.82, 2.24) is 4.90 Å². The first-order chi connectivity index (χ1) is 9.93. The standard InChI is InChI=1S/C15H22BrNO4/c1-17(2)7-4-8-21-15-12(16)9-11(5-6-14(18)19)10-13(15)20-3/h9-10H,4-8H2,1-3H3,(H,18,19). The van der Waals surface area contributed by atoms with Gasteiger partial charge in [0.1, 0.15) is 0 Å². The van der Waals surface area contributed by atoms with Gasteiger partial charge in [0, 0.05) is 13.0 Å². The quantitative estimate of drug-likeness (QED) is 0.687. The lowest BCUT2D eigenvalue weighted by Crippen LogP contribution is -2.15. The van der Waals surface area contributed by atoms with Gasteiger partial charge in [0.25, 0.3) is 0 Å². The summed E-state index contributed by atoms with van der Waals surface area (Å²) in [6.45, 7) is 1.55. The summed E-state index contributed by atoms with van der Waals surface area (Å²) in [5.41, 5.74) is 0.904. The van der Waals surface area contributed by atoms with Gasteiger partial charge in [-0.25, -0.2) is 0 Å². The molecule has 1 rings (SSSR count). The molecule has 0 heterocycles. The minimum atomic E-state index is -0.811. The average Bonchev–Trinajstić information content (AvgIpc) is 2.42. The first-order valence-corrected chi connectivity index (χ1v) is 7.59. The molecule has 0 spiro atoms. The van der Waals surface area contributed by atoms with Crippen LogP contribution < -0.4 is 9.47 Å². The van der Waals surface area contributed by atoms with Gasteiger partial charge in [0.2, 0.25) is 0 Å². The summed E-state index contributed by atoms with van der Waals surface area (Å²) in [7, 11) is 5.62. The summed E-state index contributed by atoms with van der Waals surface area (Å²) in [5, 5.41) is 8.74. The molecule has 0 radical (unpaired) electrons. The van der Waals surface area contributed by atoms with E-state index in [0.29, 0.717) is 24.5 Å². The molecule has 5 nitrogen and oxygen atoms in total. The Hall–Kier alpha value is -1.27. The Balaban J connectivity index is 2.72. The van der Waals surface area contributed by atoms with Gasteiger partial charge in [-0.2, -0.15) is 0 Å². The highest BCUT2D eigenvalue weighted by molar-refractivity contribution is 9.10. The highest BCUT2D eigenvalue weighted by Crippen LogP contribution is 2.37. The lowest BCUT2D eigenvalue weighted by molar-refractivity contribution is -0.136. The lowest BCUT2D eigenvalue weighted by atomic mass is 10.1. The number of nitrogens with zero attached hydrogens (tertiary/aromatic N) is 1. The molecule has 0 aliphatic rings. The van der Waals surface area contributed by atoms with Crippen LogP contribution in [-0.4, -0.2) is 50.3 Å². The Kier molecular flexibility index (Phi) is 7.53. The van der Waals surface area contributed by atoms with E-state index in [4.69, 9.17) is 14.6 Å². The smallest absolute Gasteiger partial charge is 0.303 e. The van der Waals surface area contributed by atoms with Crippen LogP contribution in [0.2, 0.25) is 0 Å². The van der Waals surface area contributed by atoms with Crippen molar-refractivity contribution in [2.24, 2.45) is 0 Å². The summed E-state index contributed by atoms with van der Waals surface area (Å²) in [6.07, 6.45) is 1.48. The maximum atomic E-state index is 10.6. The molecule has 0 atom stereocenters. The van der Waals surface area contributed by atoms with Crippen molar-refractivity contribution in [2.45, 2.75) is 19.3 Å². The van der Waals surface area contributed by atoms with Crippen molar-refractivity contribution in [3.05, 3.63) is 22.2 Å². The molecule has 1 aromatic carbocycles. The number of benzene rings is 1. The van der Waals surface area contributed by atoms with Crippen LogP contribution in [0.15, 0.2) is 16.6 Å². The lowest BCUT2D eigenvalue weighted by Gasteiger charge is -2.15. The van der Waals surface area contributed by atoms with Gasteiger partial charge in [-0.1, -0.05) is 0 Å². The van der Waals surface area contributed by atoms with E-state index < -0.39 is 5.97 Å². The molecule has 0 aromatic heterocycles. The number of halogens is 1. The van der Waals surface area contributed by atoms with E-state index in [1.165, 1.54) is 0 Å². The third kappa shape index (κ3) is 6.35. The number of rotatable bonds is 9. The SMILES string of the molecule is COc1cc(CCC(=O)O)cc(Br)c1OCCCN(C)C. The van der Waals surface area contributed by atoms with E-state index in [0.717, 1.165) is 23.0 Å². The van der Waals surface area contributed by atoms with Gasteiger partial charge < -0.3 is 19.5 Å². The third-order valence-corrected chi connectivity index (χ3v) is 3.50. The fourth-order valence-electron chi connectivity index (χ4n) is 1.86. The molecule has 0 unspecified atom stereocenters.